The van der Waals surface area contributed by atoms with Crippen molar-refractivity contribution in [3.05, 3.63) is 138 Å². The molecule has 15 heteroatoms. The number of aryl methyl sites for hydroxylation is 1. The molecule has 2 aliphatic rings. The maximum Gasteiger partial charge on any atom is 0.523 e. The molecule has 0 atom stereocenters. The second-order valence-electron chi connectivity index (χ2n) is 10.6. The fourth-order valence-electron chi connectivity index (χ4n) is 5.97. The predicted molar refractivity (Wildman–Crippen MR) is 163 cm³/mol. The molecule has 4 nitrogen and oxygen atoms in total. The first-order chi connectivity index (χ1) is 22.9. The number of rotatable bonds is 4. The van der Waals surface area contributed by atoms with Crippen molar-refractivity contribution in [1.82, 2.24) is 0 Å². The highest BCUT2D eigenvalue weighted by Gasteiger charge is 2.42. The number of hydrogen-bond donors (Lipinski definition) is 0. The Hall–Kier alpha value is -5.09. The molecule has 0 saturated heterocycles. The zero-order valence-electron chi connectivity index (χ0n) is 24.5. The Morgan fingerprint density at radius 3 is 1.63 bits per heavy atom. The standard InChI is InChI=1S/C34H15F9N4S2/c1-16-6-4-7-17(10-16)26-24(31(46-2)47-3)13-23-28(26)29(48-33(38,39)40)22-12-21(19(14-44)15-45)25(27(22)30(23)49-34(41,42)43)18-8-5-9-20(11-18)32(35,36)37/h4-11H,12-13H2,1H3. The summed E-state index contributed by atoms with van der Waals surface area (Å²) in [6, 6.07) is 12.7. The lowest BCUT2D eigenvalue weighted by atomic mass is 9.94. The quantitative estimate of drug-likeness (QED) is 0.117. The third-order valence-electron chi connectivity index (χ3n) is 7.64. The molecule has 3 aromatic rings. The summed E-state index contributed by atoms with van der Waals surface area (Å²) in [6.45, 7) is 16.8. The normalized spacial score (nSPS) is 14.1. The number of fused-ring (bicyclic) bond motifs is 2. The van der Waals surface area contributed by atoms with Gasteiger partial charge < -0.3 is 0 Å². The van der Waals surface area contributed by atoms with Crippen molar-refractivity contribution in [3.8, 4) is 12.1 Å². The summed E-state index contributed by atoms with van der Waals surface area (Å²) >= 11 is -1.38. The van der Waals surface area contributed by atoms with Gasteiger partial charge in [0.25, 0.3) is 0 Å². The van der Waals surface area contributed by atoms with Gasteiger partial charge in [0.2, 0.25) is 0 Å². The monoisotopic (exact) mass is 714 g/mol. The van der Waals surface area contributed by atoms with E-state index in [-0.39, 0.29) is 38.6 Å². The first-order valence-electron chi connectivity index (χ1n) is 13.7. The molecule has 0 radical (unpaired) electrons. The smallest absolute Gasteiger partial charge is 0.192 e. The number of thioether (sulfide) groups is 2. The Morgan fingerprint density at radius 1 is 0.714 bits per heavy atom. The van der Waals surface area contributed by atoms with Crippen LogP contribution in [0.2, 0.25) is 0 Å². The highest BCUT2D eigenvalue weighted by atomic mass is 32.2. The van der Waals surface area contributed by atoms with E-state index in [0.717, 1.165) is 12.1 Å². The summed E-state index contributed by atoms with van der Waals surface area (Å²) in [7, 11) is 0. The molecule has 49 heavy (non-hydrogen) atoms. The van der Waals surface area contributed by atoms with Crippen LogP contribution in [-0.2, 0) is 19.0 Å². The van der Waals surface area contributed by atoms with E-state index in [2.05, 4.69) is 9.69 Å². The molecular formula is C34H15F9N4S2. The number of hydrogen-bond acceptors (Lipinski definition) is 4. The summed E-state index contributed by atoms with van der Waals surface area (Å²) in [6.07, 6.45) is -6.22. The number of nitriles is 2. The molecule has 0 heterocycles. The van der Waals surface area contributed by atoms with Gasteiger partial charge in [-0.1, -0.05) is 42.0 Å². The van der Waals surface area contributed by atoms with Gasteiger partial charge in [0, 0.05) is 26.6 Å². The molecule has 0 amide bonds. The minimum atomic E-state index is -5.09. The average molecular weight is 715 g/mol. The molecule has 5 rings (SSSR count). The minimum Gasteiger partial charge on any atom is -0.192 e. The van der Waals surface area contributed by atoms with E-state index >= 15 is 0 Å². The Morgan fingerprint density at radius 2 is 1.18 bits per heavy atom. The SMILES string of the molecule is [C-]#[N+]C([N+]#[C-])=C1Cc2c(SC(F)(F)F)c3c(c(SC(F)(F)F)c2=C1c1cccc(C)c1)CC(=C(C#N)C#N)C=3c1cccc(C(F)(F)F)c1. The zero-order valence-corrected chi connectivity index (χ0v) is 26.2. The van der Waals surface area contributed by atoms with E-state index in [1.807, 2.05) is 0 Å². The van der Waals surface area contributed by atoms with Gasteiger partial charge in [-0.2, -0.15) is 59.7 Å². The predicted octanol–water partition coefficient (Wildman–Crippen LogP) is 9.14. The summed E-state index contributed by atoms with van der Waals surface area (Å²) < 4.78 is 128. The molecule has 0 aromatic heterocycles. The lowest BCUT2D eigenvalue weighted by Gasteiger charge is -2.17. The van der Waals surface area contributed by atoms with Crippen LogP contribution >= 0.6 is 23.5 Å². The van der Waals surface area contributed by atoms with Crippen molar-refractivity contribution >= 4 is 34.7 Å². The fourth-order valence-corrected chi connectivity index (χ4v) is 7.68. The van der Waals surface area contributed by atoms with Gasteiger partial charge >= 0.3 is 23.0 Å². The lowest BCUT2D eigenvalue weighted by molar-refractivity contribution is -0.137. The van der Waals surface area contributed by atoms with E-state index in [4.69, 9.17) is 13.1 Å². The number of nitrogens with zero attached hydrogens (tertiary/aromatic N) is 4. The number of allylic oxidation sites excluding steroid dienone is 3. The van der Waals surface area contributed by atoms with E-state index in [0.29, 0.717) is 17.7 Å². The van der Waals surface area contributed by atoms with Crippen molar-refractivity contribution in [2.45, 2.75) is 46.7 Å². The Balaban J connectivity index is 2.17. The molecule has 3 aromatic carbocycles. The maximum absolute atomic E-state index is 14.4. The van der Waals surface area contributed by atoms with Crippen molar-refractivity contribution in [2.24, 2.45) is 0 Å². The summed E-state index contributed by atoms with van der Waals surface area (Å²) in [5.41, 5.74) is -13.3. The fraction of sp³-hybridized carbons (Fsp3) is 0.176. The van der Waals surface area contributed by atoms with Crippen molar-refractivity contribution < 1.29 is 39.5 Å². The topological polar surface area (TPSA) is 56.3 Å². The van der Waals surface area contributed by atoms with Crippen molar-refractivity contribution in [3.63, 3.8) is 0 Å². The second-order valence-corrected chi connectivity index (χ2v) is 12.8. The maximum atomic E-state index is 14.4. The lowest BCUT2D eigenvalue weighted by Crippen LogP contribution is -2.27. The van der Waals surface area contributed by atoms with Crippen molar-refractivity contribution in [2.75, 3.05) is 0 Å². The molecule has 0 bridgehead atoms. The molecule has 0 fully saturated rings. The van der Waals surface area contributed by atoms with Crippen LogP contribution in [0.25, 0.3) is 20.8 Å². The van der Waals surface area contributed by atoms with Crippen LogP contribution in [0.1, 0.15) is 33.4 Å². The summed E-state index contributed by atoms with van der Waals surface area (Å²) in [4.78, 5) is 5.15. The molecule has 2 aliphatic carbocycles. The van der Waals surface area contributed by atoms with Crippen LogP contribution in [0.3, 0.4) is 0 Å². The third kappa shape index (κ3) is 6.78. The first-order valence-corrected chi connectivity index (χ1v) is 15.3. The molecule has 0 unspecified atom stereocenters. The van der Waals surface area contributed by atoms with E-state index in [1.54, 1.807) is 31.2 Å². The van der Waals surface area contributed by atoms with Gasteiger partial charge in [-0.05, 0) is 88.0 Å². The zero-order chi connectivity index (χ0) is 36.1. The van der Waals surface area contributed by atoms with E-state index < -0.39 is 96.7 Å². The second kappa shape index (κ2) is 12.7. The van der Waals surface area contributed by atoms with Crippen LogP contribution in [0, 0.1) is 42.7 Å². The molecule has 0 saturated carbocycles. The van der Waals surface area contributed by atoms with Crippen LogP contribution in [0.5, 0.6) is 0 Å². The number of benzene rings is 3. The van der Waals surface area contributed by atoms with Crippen LogP contribution in [-0.4, -0.2) is 11.0 Å². The Bertz CT molecular complexity index is 2270. The van der Waals surface area contributed by atoms with Gasteiger partial charge in [0.05, 0.1) is 11.1 Å². The minimum absolute atomic E-state index is 0.0712. The van der Waals surface area contributed by atoms with Gasteiger partial charge in [-0.3, -0.25) is 0 Å². The summed E-state index contributed by atoms with van der Waals surface area (Å²) in [5, 5.41) is 18.8. The third-order valence-corrected chi connectivity index (χ3v) is 9.42. The van der Waals surface area contributed by atoms with Crippen LogP contribution < -0.4 is 10.4 Å². The van der Waals surface area contributed by atoms with Gasteiger partial charge in [0.15, 0.2) is 0 Å². The molecule has 0 spiro atoms. The highest BCUT2D eigenvalue weighted by molar-refractivity contribution is 8.00. The first kappa shape index (κ1) is 35.2. The molecule has 0 N–H and O–H groups in total. The Kier molecular flexibility index (Phi) is 9.16. The van der Waals surface area contributed by atoms with Crippen LogP contribution in [0.4, 0.5) is 39.5 Å². The van der Waals surface area contributed by atoms with E-state index in [1.165, 1.54) is 12.1 Å². The average Bonchev–Trinajstić information content (AvgIpc) is 3.59. The molecular weight excluding hydrogens is 700 g/mol. The number of halogens is 9. The largest absolute Gasteiger partial charge is 0.523 e. The highest BCUT2D eigenvalue weighted by Crippen LogP contribution is 2.48. The summed E-state index contributed by atoms with van der Waals surface area (Å²) in [5.74, 6) is -0.585. The van der Waals surface area contributed by atoms with Crippen LogP contribution in [0.15, 0.2) is 80.9 Å². The van der Waals surface area contributed by atoms with Gasteiger partial charge in [-0.15, -0.1) is 0 Å². The van der Waals surface area contributed by atoms with E-state index in [9.17, 15) is 50.0 Å². The van der Waals surface area contributed by atoms with Crippen molar-refractivity contribution in [1.29, 1.82) is 10.5 Å². The van der Waals surface area contributed by atoms with Gasteiger partial charge in [0.1, 0.15) is 30.9 Å². The van der Waals surface area contributed by atoms with Gasteiger partial charge in [-0.25, -0.2) is 0 Å². The molecule has 0 aliphatic heterocycles. The molecule has 246 valence electrons. The Labute approximate surface area is 280 Å². The number of alkyl halides is 9.